The molecule has 1 saturated carbocycles. The van der Waals surface area contributed by atoms with Gasteiger partial charge in [0.25, 0.3) is 0 Å². The monoisotopic (exact) mass is 240 g/mol. The van der Waals surface area contributed by atoms with E-state index in [1.165, 1.54) is 0 Å². The summed E-state index contributed by atoms with van der Waals surface area (Å²) < 4.78 is 0. The van der Waals surface area contributed by atoms with Gasteiger partial charge in [-0.25, -0.2) is 0 Å². The summed E-state index contributed by atoms with van der Waals surface area (Å²) in [5.41, 5.74) is 5.47. The Labute approximate surface area is 103 Å². The Morgan fingerprint density at radius 1 is 1.53 bits per heavy atom. The zero-order chi connectivity index (χ0) is 13.0. The van der Waals surface area contributed by atoms with E-state index in [2.05, 4.69) is 33.0 Å². The highest BCUT2D eigenvalue weighted by Crippen LogP contribution is 2.76. The Balaban J connectivity index is 2.40. The van der Waals surface area contributed by atoms with E-state index in [0.29, 0.717) is 11.8 Å². The number of carbonyl (C=O) groups is 1. The Morgan fingerprint density at radius 3 is 2.47 bits per heavy atom. The van der Waals surface area contributed by atoms with Gasteiger partial charge in [0, 0.05) is 12.0 Å². The fourth-order valence-electron chi connectivity index (χ4n) is 4.54. The second-order valence-corrected chi connectivity index (χ2v) is 6.48. The molecule has 0 aromatic carbocycles. The Hall–Kier alpha value is -0.610. The third kappa shape index (κ3) is 1.34. The second kappa shape index (κ2) is 3.69. The Kier molecular flexibility index (Phi) is 2.79. The van der Waals surface area contributed by atoms with Gasteiger partial charge in [0.2, 0.25) is 5.91 Å². The Bertz CT molecular complexity index is 340. The van der Waals surface area contributed by atoms with Crippen molar-refractivity contribution in [1.82, 2.24) is 5.32 Å². The minimum atomic E-state index is -0.290. The van der Waals surface area contributed by atoms with Gasteiger partial charge in [0.15, 0.2) is 0 Å². The number of hydrogen-bond donors (Lipinski definition) is 3. The molecule has 1 heterocycles. The van der Waals surface area contributed by atoms with Crippen LogP contribution in [0.5, 0.6) is 0 Å². The minimum Gasteiger partial charge on any atom is -0.396 e. The Morgan fingerprint density at radius 2 is 2.12 bits per heavy atom. The van der Waals surface area contributed by atoms with Crippen molar-refractivity contribution in [3.8, 4) is 0 Å². The maximum Gasteiger partial charge on any atom is 0.235 e. The first-order valence-electron chi connectivity index (χ1n) is 6.45. The van der Waals surface area contributed by atoms with Crippen LogP contribution in [0.1, 0.15) is 27.7 Å². The minimum absolute atomic E-state index is 0.0929. The van der Waals surface area contributed by atoms with Crippen LogP contribution in [-0.4, -0.2) is 30.2 Å². The van der Waals surface area contributed by atoms with Crippen LogP contribution >= 0.6 is 0 Å². The largest absolute Gasteiger partial charge is 0.396 e. The average Bonchev–Trinajstić information content (AvgIpc) is 2.59. The van der Waals surface area contributed by atoms with Gasteiger partial charge < -0.3 is 16.2 Å². The summed E-state index contributed by atoms with van der Waals surface area (Å²) >= 11 is 0. The van der Waals surface area contributed by atoms with Gasteiger partial charge in [-0.3, -0.25) is 4.79 Å². The lowest BCUT2D eigenvalue weighted by atomic mass is 9.72. The molecule has 2 rings (SSSR count). The van der Waals surface area contributed by atoms with E-state index in [-0.39, 0.29) is 35.3 Å². The number of fused-ring (bicyclic) bond motifs is 1. The topological polar surface area (TPSA) is 75.3 Å². The van der Waals surface area contributed by atoms with E-state index >= 15 is 0 Å². The average molecular weight is 240 g/mol. The van der Waals surface area contributed by atoms with Gasteiger partial charge in [0.1, 0.15) is 0 Å². The van der Waals surface area contributed by atoms with E-state index in [1.54, 1.807) is 0 Å². The highest BCUT2D eigenvalue weighted by Gasteiger charge is 2.80. The van der Waals surface area contributed by atoms with Crippen molar-refractivity contribution in [3.05, 3.63) is 0 Å². The summed E-state index contributed by atoms with van der Waals surface area (Å²) in [6, 6.07) is -0.290. The molecule has 1 amide bonds. The number of primary amides is 1. The van der Waals surface area contributed by atoms with Gasteiger partial charge in [-0.2, -0.15) is 0 Å². The molecule has 0 aromatic rings. The molecule has 2 aliphatic rings. The van der Waals surface area contributed by atoms with Crippen molar-refractivity contribution in [1.29, 1.82) is 0 Å². The molecule has 17 heavy (non-hydrogen) atoms. The van der Waals surface area contributed by atoms with Crippen LogP contribution in [0.15, 0.2) is 0 Å². The van der Waals surface area contributed by atoms with Gasteiger partial charge >= 0.3 is 0 Å². The molecule has 4 atom stereocenters. The van der Waals surface area contributed by atoms with E-state index in [9.17, 15) is 9.90 Å². The van der Waals surface area contributed by atoms with Gasteiger partial charge in [-0.15, -0.1) is 0 Å². The zero-order valence-corrected chi connectivity index (χ0v) is 11.2. The summed E-state index contributed by atoms with van der Waals surface area (Å²) in [4.78, 5) is 11.7. The molecule has 4 N–H and O–H groups in total. The van der Waals surface area contributed by atoms with E-state index in [0.717, 1.165) is 6.54 Å². The first-order valence-corrected chi connectivity index (χ1v) is 6.45. The molecule has 0 bridgehead atoms. The fraction of sp³-hybridized carbons (Fsp3) is 0.923. The highest BCUT2D eigenvalue weighted by molar-refractivity contribution is 5.83. The number of aliphatic hydroxyl groups excluding tert-OH is 1. The van der Waals surface area contributed by atoms with E-state index in [1.807, 2.05) is 0 Å². The maximum atomic E-state index is 11.7. The first kappa shape index (κ1) is 12.8. The number of nitrogens with one attached hydrogen (secondary N) is 1. The number of hydrogen-bond acceptors (Lipinski definition) is 3. The highest BCUT2D eigenvalue weighted by atomic mass is 16.3. The van der Waals surface area contributed by atoms with E-state index < -0.39 is 0 Å². The molecule has 4 nitrogen and oxygen atoms in total. The standard InChI is InChI=1S/C13H24N2O2/c1-7(2)8(6-16)13-9(12(13,3)4)5-15-10(13)11(14)17/h7-10,15-16H,5-6H2,1-4H3,(H2,14,17)/t8-,9?,10?,13?/m0/s1. The first-order chi connectivity index (χ1) is 7.81. The zero-order valence-electron chi connectivity index (χ0n) is 11.2. The molecule has 0 radical (unpaired) electrons. The molecular weight excluding hydrogens is 216 g/mol. The van der Waals surface area contributed by atoms with Crippen LogP contribution < -0.4 is 11.1 Å². The van der Waals surface area contributed by atoms with Gasteiger partial charge in [0.05, 0.1) is 6.04 Å². The molecule has 0 aromatic heterocycles. The van der Waals surface area contributed by atoms with Crippen molar-refractivity contribution in [3.63, 3.8) is 0 Å². The van der Waals surface area contributed by atoms with Crippen molar-refractivity contribution < 1.29 is 9.90 Å². The molecular formula is C13H24N2O2. The number of carbonyl (C=O) groups excluding carboxylic acids is 1. The number of piperidine rings is 1. The molecule has 1 aliphatic heterocycles. The van der Waals surface area contributed by atoms with Crippen LogP contribution in [0.4, 0.5) is 0 Å². The summed E-state index contributed by atoms with van der Waals surface area (Å²) in [6.07, 6.45) is 0. The number of rotatable bonds is 4. The van der Waals surface area contributed by atoms with Gasteiger partial charge in [-0.05, 0) is 29.7 Å². The predicted molar refractivity (Wildman–Crippen MR) is 66.1 cm³/mol. The maximum absolute atomic E-state index is 11.7. The lowest BCUT2D eigenvalue weighted by molar-refractivity contribution is -0.123. The van der Waals surface area contributed by atoms with Crippen LogP contribution in [0, 0.1) is 28.6 Å². The summed E-state index contributed by atoms with van der Waals surface area (Å²) in [6.45, 7) is 9.57. The summed E-state index contributed by atoms with van der Waals surface area (Å²) in [5, 5.41) is 12.9. The lowest BCUT2D eigenvalue weighted by Gasteiger charge is -2.35. The smallest absolute Gasteiger partial charge is 0.235 e. The molecule has 4 heteroatoms. The van der Waals surface area contributed by atoms with Crippen molar-refractivity contribution in [2.24, 2.45) is 34.3 Å². The second-order valence-electron chi connectivity index (χ2n) is 6.48. The normalized spacial score (nSPS) is 40.1. The van der Waals surface area contributed by atoms with Crippen molar-refractivity contribution >= 4 is 5.91 Å². The predicted octanol–water partition coefficient (Wildman–Crippen LogP) is 0.350. The SMILES string of the molecule is CC(C)[C@H](CO)C12C(C(N)=O)NCC1C2(C)C. The number of aliphatic hydroxyl groups is 1. The number of amides is 1. The summed E-state index contributed by atoms with van der Waals surface area (Å²) in [5.74, 6) is 0.658. The molecule has 0 spiro atoms. The van der Waals surface area contributed by atoms with E-state index in [4.69, 9.17) is 5.73 Å². The third-order valence-corrected chi connectivity index (χ3v) is 5.38. The van der Waals surface area contributed by atoms with Crippen LogP contribution in [-0.2, 0) is 4.79 Å². The number of nitrogens with two attached hydrogens (primary N) is 1. The summed E-state index contributed by atoms with van der Waals surface area (Å²) in [7, 11) is 0. The van der Waals surface area contributed by atoms with Crippen molar-refractivity contribution in [2.45, 2.75) is 33.7 Å². The van der Waals surface area contributed by atoms with Crippen molar-refractivity contribution in [2.75, 3.05) is 13.2 Å². The molecule has 3 unspecified atom stereocenters. The van der Waals surface area contributed by atoms with Gasteiger partial charge in [-0.1, -0.05) is 27.7 Å². The van der Waals surface area contributed by atoms with Crippen LogP contribution in [0.3, 0.4) is 0 Å². The van der Waals surface area contributed by atoms with Crippen LogP contribution in [0.2, 0.25) is 0 Å². The molecule has 98 valence electrons. The van der Waals surface area contributed by atoms with Crippen LogP contribution in [0.25, 0.3) is 0 Å². The quantitative estimate of drug-likeness (QED) is 0.664. The molecule has 1 aliphatic carbocycles. The fourth-order valence-corrected chi connectivity index (χ4v) is 4.54. The third-order valence-electron chi connectivity index (χ3n) is 5.38. The molecule has 2 fully saturated rings. The molecule has 1 saturated heterocycles. The lowest BCUT2D eigenvalue weighted by Crippen LogP contribution is -2.50.